The maximum Gasteiger partial charge on any atom is 0.268 e. The monoisotopic (exact) mass is 320 g/mol. The molecule has 0 saturated heterocycles. The molecule has 0 aromatic heterocycles. The first kappa shape index (κ1) is 19.5. The van der Waals surface area contributed by atoms with Crippen LogP contribution in [0.1, 0.15) is 80.6 Å². The zero-order valence-electron chi connectivity index (χ0n) is 14.7. The van der Waals surface area contributed by atoms with E-state index < -0.39 is 0 Å². The quantitative estimate of drug-likeness (QED) is 0.260. The van der Waals surface area contributed by atoms with Crippen molar-refractivity contribution in [1.82, 2.24) is 5.43 Å². The molecule has 0 aliphatic heterocycles. The Labute approximate surface area is 140 Å². The Morgan fingerprint density at radius 1 is 1.04 bits per heavy atom. The number of carbonyl (C=O) groups is 1. The van der Waals surface area contributed by atoms with Crippen LogP contribution in [0.25, 0.3) is 0 Å². The van der Waals surface area contributed by atoms with Crippen molar-refractivity contribution in [1.29, 1.82) is 0 Å². The molecule has 1 rings (SSSR count). The van der Waals surface area contributed by atoms with Crippen LogP contribution in [-0.2, 0) is 6.42 Å². The van der Waals surface area contributed by atoms with Crippen molar-refractivity contribution in [2.24, 2.45) is 5.84 Å². The molecule has 0 spiro atoms. The molecule has 1 aromatic carbocycles. The summed E-state index contributed by atoms with van der Waals surface area (Å²) in [6, 6.07) is 5.75. The Bertz CT molecular complexity index is 461. The summed E-state index contributed by atoms with van der Waals surface area (Å²) in [5.41, 5.74) is 3.83. The average Bonchev–Trinajstić information content (AvgIpc) is 2.59. The van der Waals surface area contributed by atoms with Gasteiger partial charge in [-0.15, -0.1) is 0 Å². The lowest BCUT2D eigenvalue weighted by molar-refractivity contribution is 0.0950. The summed E-state index contributed by atoms with van der Waals surface area (Å²) in [4.78, 5) is 11.8. The molecule has 3 N–H and O–H groups in total. The van der Waals surface area contributed by atoms with E-state index in [0.29, 0.717) is 11.3 Å². The van der Waals surface area contributed by atoms with E-state index in [1.807, 2.05) is 18.2 Å². The molecule has 0 fully saturated rings. The highest BCUT2D eigenvalue weighted by molar-refractivity contribution is 5.96. The number of nitrogens with two attached hydrogens (primary N) is 1. The lowest BCUT2D eigenvalue weighted by Crippen LogP contribution is -2.30. The molecule has 4 heteroatoms. The number of hydrogen-bond acceptors (Lipinski definition) is 3. The fraction of sp³-hybridized carbons (Fsp3) is 0.632. The van der Waals surface area contributed by atoms with E-state index in [9.17, 15) is 4.79 Å². The molecular weight excluding hydrogens is 288 g/mol. The number of ether oxygens (including phenoxy) is 1. The number of methoxy groups -OCH3 is 1. The molecule has 0 bridgehead atoms. The third-order valence-corrected chi connectivity index (χ3v) is 4.21. The van der Waals surface area contributed by atoms with E-state index in [0.717, 1.165) is 18.4 Å². The van der Waals surface area contributed by atoms with Crippen LogP contribution in [0, 0.1) is 0 Å². The highest BCUT2D eigenvalue weighted by Crippen LogP contribution is 2.21. The molecule has 0 heterocycles. The number of nitrogen functional groups attached to an aromatic ring is 1. The van der Waals surface area contributed by atoms with Crippen LogP contribution < -0.4 is 16.0 Å². The van der Waals surface area contributed by atoms with E-state index in [2.05, 4.69) is 12.3 Å². The van der Waals surface area contributed by atoms with Gasteiger partial charge in [-0.1, -0.05) is 64.4 Å². The highest BCUT2D eigenvalue weighted by atomic mass is 16.5. The number of hydrazine groups is 1. The third-order valence-electron chi connectivity index (χ3n) is 4.21. The third kappa shape index (κ3) is 7.51. The molecule has 1 amide bonds. The van der Waals surface area contributed by atoms with Crippen LogP contribution in [0.5, 0.6) is 5.75 Å². The van der Waals surface area contributed by atoms with Crippen LogP contribution in [0.15, 0.2) is 18.2 Å². The molecule has 4 nitrogen and oxygen atoms in total. The minimum atomic E-state index is -0.309. The van der Waals surface area contributed by atoms with Gasteiger partial charge in [0.15, 0.2) is 0 Å². The Balaban J connectivity index is 2.28. The Hall–Kier alpha value is -1.55. The van der Waals surface area contributed by atoms with Gasteiger partial charge in [-0.25, -0.2) is 5.84 Å². The zero-order valence-corrected chi connectivity index (χ0v) is 14.7. The lowest BCUT2D eigenvalue weighted by atomic mass is 10.0. The predicted octanol–water partition coefficient (Wildman–Crippen LogP) is 4.37. The smallest absolute Gasteiger partial charge is 0.268 e. The number of benzene rings is 1. The summed E-state index contributed by atoms with van der Waals surface area (Å²) in [5, 5.41) is 0. The van der Waals surface area contributed by atoms with Gasteiger partial charge in [0.2, 0.25) is 0 Å². The first-order valence-electron chi connectivity index (χ1n) is 8.90. The van der Waals surface area contributed by atoms with Crippen LogP contribution in [-0.4, -0.2) is 13.0 Å². The van der Waals surface area contributed by atoms with E-state index in [1.165, 1.54) is 51.4 Å². The molecular formula is C19H32N2O2. The van der Waals surface area contributed by atoms with E-state index in [4.69, 9.17) is 10.6 Å². The number of hydrogen-bond donors (Lipinski definition) is 2. The normalized spacial score (nSPS) is 10.6. The van der Waals surface area contributed by atoms with Gasteiger partial charge in [0.05, 0.1) is 12.7 Å². The number of rotatable bonds is 12. The maximum atomic E-state index is 11.8. The molecule has 0 aliphatic rings. The first-order chi connectivity index (χ1) is 11.2. The molecule has 130 valence electrons. The van der Waals surface area contributed by atoms with Crippen molar-refractivity contribution in [2.75, 3.05) is 7.11 Å². The number of carbonyl (C=O) groups excluding carboxylic acids is 1. The number of amides is 1. The second-order valence-corrected chi connectivity index (χ2v) is 6.09. The Morgan fingerprint density at radius 2 is 1.65 bits per heavy atom. The summed E-state index contributed by atoms with van der Waals surface area (Å²) in [6.45, 7) is 2.25. The largest absolute Gasteiger partial charge is 0.496 e. The van der Waals surface area contributed by atoms with Crippen molar-refractivity contribution in [2.45, 2.75) is 71.1 Å². The van der Waals surface area contributed by atoms with Gasteiger partial charge in [0.25, 0.3) is 5.91 Å². The van der Waals surface area contributed by atoms with Crippen LogP contribution in [0.4, 0.5) is 0 Å². The van der Waals surface area contributed by atoms with Crippen LogP contribution in [0.2, 0.25) is 0 Å². The van der Waals surface area contributed by atoms with Gasteiger partial charge in [-0.3, -0.25) is 10.2 Å². The number of nitrogens with one attached hydrogen (secondary N) is 1. The molecule has 0 aliphatic carbocycles. The standard InChI is InChI=1S/C19H32N2O2/c1-3-4-5-6-7-8-9-10-11-12-16-13-14-18(23-2)17(15-16)19(22)21-20/h13-15H,3-12,20H2,1-2H3,(H,21,22). The summed E-state index contributed by atoms with van der Waals surface area (Å²) in [6.07, 6.45) is 12.9. The van der Waals surface area contributed by atoms with Crippen LogP contribution in [0.3, 0.4) is 0 Å². The van der Waals surface area contributed by atoms with Crippen LogP contribution >= 0.6 is 0 Å². The topological polar surface area (TPSA) is 64.3 Å². The summed E-state index contributed by atoms with van der Waals surface area (Å²) in [7, 11) is 1.56. The van der Waals surface area contributed by atoms with Gasteiger partial charge in [-0.05, 0) is 30.5 Å². The van der Waals surface area contributed by atoms with Gasteiger partial charge < -0.3 is 4.74 Å². The summed E-state index contributed by atoms with van der Waals surface area (Å²) in [5.74, 6) is 5.47. The Morgan fingerprint density at radius 3 is 2.22 bits per heavy atom. The van der Waals surface area contributed by atoms with Crippen molar-refractivity contribution in [3.05, 3.63) is 29.3 Å². The van der Waals surface area contributed by atoms with Crippen molar-refractivity contribution in [3.63, 3.8) is 0 Å². The van der Waals surface area contributed by atoms with E-state index in [-0.39, 0.29) is 5.91 Å². The fourth-order valence-corrected chi connectivity index (χ4v) is 2.81. The molecule has 0 atom stereocenters. The first-order valence-corrected chi connectivity index (χ1v) is 8.90. The summed E-state index contributed by atoms with van der Waals surface area (Å²) >= 11 is 0. The molecule has 0 saturated carbocycles. The zero-order chi connectivity index (χ0) is 16.9. The highest BCUT2D eigenvalue weighted by Gasteiger charge is 2.11. The SMILES string of the molecule is CCCCCCCCCCCc1ccc(OC)c(C(=O)NN)c1. The fourth-order valence-electron chi connectivity index (χ4n) is 2.81. The summed E-state index contributed by atoms with van der Waals surface area (Å²) < 4.78 is 5.20. The minimum absolute atomic E-state index is 0.309. The van der Waals surface area contributed by atoms with Gasteiger partial charge in [0, 0.05) is 0 Å². The molecule has 23 heavy (non-hydrogen) atoms. The predicted molar refractivity (Wildman–Crippen MR) is 95.6 cm³/mol. The van der Waals surface area contributed by atoms with E-state index >= 15 is 0 Å². The Kier molecular flexibility index (Phi) is 10.1. The second-order valence-electron chi connectivity index (χ2n) is 6.09. The van der Waals surface area contributed by atoms with E-state index in [1.54, 1.807) is 7.11 Å². The van der Waals surface area contributed by atoms with Crippen molar-refractivity contribution >= 4 is 5.91 Å². The van der Waals surface area contributed by atoms with Gasteiger partial charge in [-0.2, -0.15) is 0 Å². The number of unbranched alkanes of at least 4 members (excludes halogenated alkanes) is 8. The molecule has 1 aromatic rings. The average molecular weight is 320 g/mol. The van der Waals surface area contributed by atoms with Crippen molar-refractivity contribution < 1.29 is 9.53 Å². The molecule has 0 unspecified atom stereocenters. The second kappa shape index (κ2) is 11.9. The maximum absolute atomic E-state index is 11.8. The van der Waals surface area contributed by atoms with Crippen molar-refractivity contribution in [3.8, 4) is 5.75 Å². The minimum Gasteiger partial charge on any atom is -0.496 e. The van der Waals surface area contributed by atoms with Gasteiger partial charge in [0.1, 0.15) is 5.75 Å². The van der Waals surface area contributed by atoms with Gasteiger partial charge >= 0.3 is 0 Å². The molecule has 0 radical (unpaired) electrons. The lowest BCUT2D eigenvalue weighted by Gasteiger charge is -2.09. The number of aryl methyl sites for hydroxylation is 1.